The molecule has 2 aromatic rings. The van der Waals surface area contributed by atoms with E-state index in [4.69, 9.17) is 0 Å². The van der Waals surface area contributed by atoms with E-state index in [0.29, 0.717) is 24.5 Å². The molecule has 3 rings (SSSR count). The van der Waals surface area contributed by atoms with Crippen LogP contribution in [0.5, 0.6) is 0 Å². The molecule has 0 bridgehead atoms. The number of amides is 2. The van der Waals surface area contributed by atoms with Crippen molar-refractivity contribution in [1.82, 2.24) is 19.9 Å². The summed E-state index contributed by atoms with van der Waals surface area (Å²) < 4.78 is 13.2. The van der Waals surface area contributed by atoms with Crippen LogP contribution in [0.25, 0.3) is 5.69 Å². The molecule has 2 amide bonds. The molecule has 1 N–H and O–H groups in total. The van der Waals surface area contributed by atoms with Crippen molar-refractivity contribution in [1.29, 1.82) is 0 Å². The van der Waals surface area contributed by atoms with Gasteiger partial charge in [0.25, 0.3) is 0 Å². The molecule has 1 aromatic carbocycles. The van der Waals surface area contributed by atoms with E-state index in [2.05, 4.69) is 15.6 Å². The second kappa shape index (κ2) is 6.11. The summed E-state index contributed by atoms with van der Waals surface area (Å²) in [4.78, 5) is 14.1. The largest absolute Gasteiger partial charge is 0.322 e. The highest BCUT2D eigenvalue weighted by molar-refractivity contribution is 7.86. The number of nitrogens with zero attached hydrogens (tertiary/aromatic N) is 4. The molecule has 2 heterocycles. The minimum absolute atomic E-state index is 0.164. The summed E-state index contributed by atoms with van der Waals surface area (Å²) in [6.45, 7) is 4.85. The van der Waals surface area contributed by atoms with E-state index >= 15 is 0 Å². The fraction of sp³-hybridized carbons (Fsp3) is 0.400. The SMILES string of the molecule is CC1(C)CN(C(=O)Nc2ccc(-n3ccnn3)cc2)CC[S@]1=O. The predicted octanol–water partition coefficient (Wildman–Crippen LogP) is 1.64. The average molecular weight is 333 g/mol. The minimum Gasteiger partial charge on any atom is -0.322 e. The quantitative estimate of drug-likeness (QED) is 0.906. The number of urea groups is 1. The monoisotopic (exact) mass is 333 g/mol. The van der Waals surface area contributed by atoms with Gasteiger partial charge in [0.15, 0.2) is 0 Å². The van der Waals surface area contributed by atoms with Crippen LogP contribution >= 0.6 is 0 Å². The third kappa shape index (κ3) is 3.42. The topological polar surface area (TPSA) is 80.1 Å². The molecule has 1 aromatic heterocycles. The van der Waals surface area contributed by atoms with Crippen molar-refractivity contribution < 1.29 is 9.00 Å². The Kier molecular flexibility index (Phi) is 4.16. The lowest BCUT2D eigenvalue weighted by Gasteiger charge is -2.37. The van der Waals surface area contributed by atoms with Crippen LogP contribution in [-0.2, 0) is 10.8 Å². The number of carbonyl (C=O) groups excluding carboxylic acids is 1. The van der Waals surface area contributed by atoms with Crippen LogP contribution in [0.15, 0.2) is 36.7 Å². The highest BCUT2D eigenvalue weighted by Gasteiger charge is 2.35. The Morgan fingerprint density at radius 2 is 2.04 bits per heavy atom. The number of carbonyl (C=O) groups is 1. The molecular weight excluding hydrogens is 314 g/mol. The van der Waals surface area contributed by atoms with Crippen molar-refractivity contribution >= 4 is 22.5 Å². The molecule has 0 spiro atoms. The minimum atomic E-state index is -0.892. The molecule has 8 heteroatoms. The number of nitrogens with one attached hydrogen (secondary N) is 1. The van der Waals surface area contributed by atoms with E-state index in [0.717, 1.165) is 5.69 Å². The fourth-order valence-electron chi connectivity index (χ4n) is 2.50. The number of hydrogen-bond acceptors (Lipinski definition) is 4. The maximum Gasteiger partial charge on any atom is 0.321 e. The van der Waals surface area contributed by atoms with Crippen molar-refractivity contribution in [2.24, 2.45) is 0 Å². The van der Waals surface area contributed by atoms with Crippen LogP contribution < -0.4 is 5.32 Å². The van der Waals surface area contributed by atoms with Crippen molar-refractivity contribution in [2.45, 2.75) is 18.6 Å². The number of rotatable bonds is 2. The summed E-state index contributed by atoms with van der Waals surface area (Å²) in [5.74, 6) is 0.520. The van der Waals surface area contributed by atoms with Crippen LogP contribution in [0.2, 0.25) is 0 Å². The van der Waals surface area contributed by atoms with E-state index in [1.807, 2.05) is 38.1 Å². The van der Waals surface area contributed by atoms with Gasteiger partial charge in [-0.3, -0.25) is 4.21 Å². The van der Waals surface area contributed by atoms with Gasteiger partial charge in [-0.1, -0.05) is 5.21 Å². The first-order valence-electron chi connectivity index (χ1n) is 7.37. The van der Waals surface area contributed by atoms with Gasteiger partial charge >= 0.3 is 6.03 Å². The predicted molar refractivity (Wildman–Crippen MR) is 89.0 cm³/mol. The van der Waals surface area contributed by atoms with E-state index < -0.39 is 10.8 Å². The standard InChI is InChI=1S/C15H19N5O2S/c1-15(2)11-19(9-10-23(15)22)14(21)17-12-3-5-13(6-4-12)20-8-7-16-18-20/h3-8H,9-11H2,1-2H3,(H,17,21)/t23-/m1/s1. The molecule has 1 aliphatic rings. The Morgan fingerprint density at radius 3 is 2.65 bits per heavy atom. The molecule has 1 fully saturated rings. The zero-order chi connectivity index (χ0) is 16.4. The van der Waals surface area contributed by atoms with Gasteiger partial charge in [0.05, 0.1) is 22.8 Å². The average Bonchev–Trinajstić information content (AvgIpc) is 3.05. The Labute approximate surface area is 137 Å². The lowest BCUT2D eigenvalue weighted by Crippen LogP contribution is -2.53. The molecule has 0 unspecified atom stereocenters. The second-order valence-corrected chi connectivity index (χ2v) is 8.26. The molecule has 7 nitrogen and oxygen atoms in total. The summed E-state index contributed by atoms with van der Waals surface area (Å²) in [5.41, 5.74) is 1.58. The third-order valence-corrected chi connectivity index (χ3v) is 5.74. The van der Waals surface area contributed by atoms with Crippen molar-refractivity contribution in [3.05, 3.63) is 36.7 Å². The summed E-state index contributed by atoms with van der Waals surface area (Å²) in [6.07, 6.45) is 3.36. The van der Waals surface area contributed by atoms with Crippen LogP contribution in [0.1, 0.15) is 13.8 Å². The maximum absolute atomic E-state index is 12.4. The van der Waals surface area contributed by atoms with Gasteiger partial charge in [-0.25, -0.2) is 9.48 Å². The Morgan fingerprint density at radius 1 is 1.30 bits per heavy atom. The Hall–Kier alpha value is -2.22. The van der Waals surface area contributed by atoms with Crippen LogP contribution in [0.3, 0.4) is 0 Å². The Balaban J connectivity index is 1.65. The van der Waals surface area contributed by atoms with Crippen molar-refractivity contribution in [2.75, 3.05) is 24.2 Å². The molecule has 1 saturated heterocycles. The van der Waals surface area contributed by atoms with E-state index in [1.54, 1.807) is 22.0 Å². The molecule has 0 radical (unpaired) electrons. The number of benzene rings is 1. The zero-order valence-electron chi connectivity index (χ0n) is 13.1. The molecule has 0 saturated carbocycles. The molecular formula is C15H19N5O2S. The molecule has 23 heavy (non-hydrogen) atoms. The van der Waals surface area contributed by atoms with Crippen molar-refractivity contribution in [3.63, 3.8) is 0 Å². The maximum atomic E-state index is 12.4. The number of hydrogen-bond donors (Lipinski definition) is 1. The van der Waals surface area contributed by atoms with E-state index in [-0.39, 0.29) is 10.8 Å². The lowest BCUT2D eigenvalue weighted by molar-refractivity contribution is 0.207. The van der Waals surface area contributed by atoms with Gasteiger partial charge in [-0.15, -0.1) is 5.10 Å². The normalized spacial score (nSPS) is 20.3. The van der Waals surface area contributed by atoms with Gasteiger partial charge in [-0.05, 0) is 38.1 Å². The molecule has 1 atom stereocenters. The molecule has 1 aliphatic heterocycles. The summed E-state index contributed by atoms with van der Waals surface area (Å²) in [5, 5.41) is 10.6. The van der Waals surface area contributed by atoms with Gasteiger partial charge in [-0.2, -0.15) is 0 Å². The van der Waals surface area contributed by atoms with E-state index in [1.165, 1.54) is 0 Å². The number of aromatic nitrogens is 3. The smallest absolute Gasteiger partial charge is 0.321 e. The van der Waals surface area contributed by atoms with Crippen LogP contribution in [0, 0.1) is 0 Å². The first-order valence-corrected chi connectivity index (χ1v) is 8.69. The third-order valence-electron chi connectivity index (χ3n) is 3.83. The second-order valence-electron chi connectivity index (χ2n) is 6.06. The van der Waals surface area contributed by atoms with Crippen molar-refractivity contribution in [3.8, 4) is 5.69 Å². The molecule has 122 valence electrons. The van der Waals surface area contributed by atoms with E-state index in [9.17, 15) is 9.00 Å². The highest BCUT2D eigenvalue weighted by atomic mass is 32.2. The van der Waals surface area contributed by atoms with Crippen LogP contribution in [-0.4, -0.2) is 53.7 Å². The van der Waals surface area contributed by atoms with Gasteiger partial charge in [0, 0.05) is 35.3 Å². The Bertz CT molecular complexity index is 712. The first-order chi connectivity index (χ1) is 11.0. The fourth-order valence-corrected chi connectivity index (χ4v) is 3.74. The summed E-state index contributed by atoms with van der Waals surface area (Å²) in [6, 6.07) is 7.20. The summed E-state index contributed by atoms with van der Waals surface area (Å²) in [7, 11) is -0.892. The highest BCUT2D eigenvalue weighted by Crippen LogP contribution is 2.21. The van der Waals surface area contributed by atoms with Gasteiger partial charge < -0.3 is 10.2 Å². The molecule has 0 aliphatic carbocycles. The zero-order valence-corrected chi connectivity index (χ0v) is 13.9. The number of anilines is 1. The van der Waals surface area contributed by atoms with Gasteiger partial charge in [0.1, 0.15) is 0 Å². The lowest BCUT2D eigenvalue weighted by atomic mass is 10.2. The summed E-state index contributed by atoms with van der Waals surface area (Å²) >= 11 is 0. The van der Waals surface area contributed by atoms with Crippen LogP contribution in [0.4, 0.5) is 10.5 Å². The van der Waals surface area contributed by atoms with Gasteiger partial charge in [0.2, 0.25) is 0 Å². The first kappa shape index (κ1) is 15.7.